The van der Waals surface area contributed by atoms with E-state index in [-0.39, 0.29) is 32.7 Å². The fraction of sp³-hybridized carbons (Fsp3) is 0.700. The summed E-state index contributed by atoms with van der Waals surface area (Å²) < 4.78 is 0. The van der Waals surface area contributed by atoms with Crippen LogP contribution in [0.2, 0.25) is 0 Å². The summed E-state index contributed by atoms with van der Waals surface area (Å²) >= 11 is 0. The fourth-order valence-electron chi connectivity index (χ4n) is 1.62. The second-order valence-corrected chi connectivity index (χ2v) is 3.15. The van der Waals surface area contributed by atoms with Crippen LogP contribution in [0.4, 0.5) is 0 Å². The first-order chi connectivity index (χ1) is 4.93. The van der Waals surface area contributed by atoms with Crippen molar-refractivity contribution in [3.8, 4) is 0 Å². The topological polar surface area (TPSA) is 0 Å². The van der Waals surface area contributed by atoms with Crippen molar-refractivity contribution < 1.29 is 32.7 Å². The maximum Gasteiger partial charge on any atom is 0 e. The molecule has 0 nitrogen and oxygen atoms in total. The Labute approximate surface area is 96.4 Å². The van der Waals surface area contributed by atoms with Crippen LogP contribution in [0, 0.1) is 25.7 Å². The van der Waals surface area contributed by atoms with Crippen LogP contribution in [-0.2, 0) is 32.7 Å². The minimum atomic E-state index is 0. The molecule has 1 radical (unpaired) electrons. The van der Waals surface area contributed by atoms with Crippen molar-refractivity contribution in [2.75, 3.05) is 0 Å². The van der Waals surface area contributed by atoms with Crippen LogP contribution in [0.1, 0.15) is 38.5 Å². The Morgan fingerprint density at radius 2 is 2.27 bits per heavy atom. The summed E-state index contributed by atoms with van der Waals surface area (Å²) in [6, 6.07) is 0. The Morgan fingerprint density at radius 3 is 2.82 bits per heavy atom. The smallest absolute Gasteiger partial charge is 0 e. The van der Waals surface area contributed by atoms with E-state index >= 15 is 0 Å². The molecule has 1 aliphatic carbocycles. The van der Waals surface area contributed by atoms with E-state index in [4.69, 9.17) is 0 Å². The predicted octanol–water partition coefficient (Wildman–Crippen LogP) is 3.20. The average molecular weight is 226 g/mol. The van der Waals surface area contributed by atoms with Gasteiger partial charge in [0, 0.05) is 32.7 Å². The van der Waals surface area contributed by atoms with E-state index in [2.05, 4.69) is 13.3 Å². The van der Waals surface area contributed by atoms with Gasteiger partial charge in [0.05, 0.1) is 0 Å². The molecule has 1 aliphatic rings. The molecule has 0 spiro atoms. The zero-order valence-electron chi connectivity index (χ0n) is 7.26. The van der Waals surface area contributed by atoms with E-state index < -0.39 is 0 Å². The number of rotatable bonds is 3. The minimum Gasteiger partial charge on any atom is -0.326 e. The first kappa shape index (κ1) is 12.0. The minimum absolute atomic E-state index is 0. The van der Waals surface area contributed by atoms with Crippen LogP contribution < -0.4 is 0 Å². The molecule has 1 rings (SSSR count). The van der Waals surface area contributed by atoms with Gasteiger partial charge in [-0.25, -0.2) is 0 Å². The quantitative estimate of drug-likeness (QED) is 0.648. The van der Waals surface area contributed by atoms with Crippen LogP contribution >= 0.6 is 0 Å². The third-order valence-corrected chi connectivity index (χ3v) is 2.27. The van der Waals surface area contributed by atoms with Gasteiger partial charge in [0.25, 0.3) is 0 Å². The number of hydrogen-bond acceptors (Lipinski definition) is 0. The van der Waals surface area contributed by atoms with Crippen molar-refractivity contribution >= 4 is 0 Å². The molecule has 1 atom stereocenters. The molecule has 11 heavy (non-hydrogen) atoms. The number of hydrogen-bond donors (Lipinski definition) is 0. The molecular weight excluding hydrogens is 209 g/mol. The normalized spacial score (nSPS) is 24.2. The van der Waals surface area contributed by atoms with E-state index in [0.717, 1.165) is 5.92 Å². The Balaban J connectivity index is 0.000001000. The second-order valence-electron chi connectivity index (χ2n) is 3.15. The summed E-state index contributed by atoms with van der Waals surface area (Å²) in [4.78, 5) is 0. The maximum absolute atomic E-state index is 3.73. The monoisotopic (exact) mass is 226 g/mol. The molecule has 1 unspecified atom stereocenters. The summed E-state index contributed by atoms with van der Waals surface area (Å²) in [5.74, 6) is 0.909. The molecule has 0 heterocycles. The summed E-state index contributed by atoms with van der Waals surface area (Å²) in [5, 5.41) is 0. The summed E-state index contributed by atoms with van der Waals surface area (Å²) in [5.41, 5.74) is 0. The Kier molecular flexibility index (Phi) is 8.29. The first-order valence-electron chi connectivity index (χ1n) is 4.37. The molecule has 1 saturated carbocycles. The van der Waals surface area contributed by atoms with E-state index in [1.165, 1.54) is 38.5 Å². The molecule has 0 aromatic carbocycles. The standard InChI is InChI=1S/C10H17.Y/c1-2-3-7-10-8-5-4-6-9-10;/h2,8,10H,1,3-7,9H2;/q-1;. The van der Waals surface area contributed by atoms with Crippen LogP contribution in [-0.4, -0.2) is 0 Å². The zero-order valence-corrected chi connectivity index (χ0v) is 10.1. The van der Waals surface area contributed by atoms with Gasteiger partial charge in [0.1, 0.15) is 0 Å². The van der Waals surface area contributed by atoms with E-state index in [1.54, 1.807) is 0 Å². The van der Waals surface area contributed by atoms with Crippen molar-refractivity contribution in [2.45, 2.75) is 38.5 Å². The number of unbranched alkanes of at least 4 members (excludes halogenated alkanes) is 1. The van der Waals surface area contributed by atoms with Gasteiger partial charge in [-0.1, -0.05) is 26.2 Å². The van der Waals surface area contributed by atoms with Crippen LogP contribution in [0.3, 0.4) is 0 Å². The van der Waals surface area contributed by atoms with Crippen molar-refractivity contribution in [3.05, 3.63) is 19.8 Å². The molecule has 0 aromatic rings. The van der Waals surface area contributed by atoms with Gasteiger partial charge in [-0.05, 0) is 0 Å². The predicted molar refractivity (Wildman–Crippen MR) is 45.1 cm³/mol. The van der Waals surface area contributed by atoms with Crippen molar-refractivity contribution in [1.29, 1.82) is 0 Å². The van der Waals surface area contributed by atoms with Crippen molar-refractivity contribution in [2.24, 2.45) is 5.92 Å². The molecule has 61 valence electrons. The second kappa shape index (κ2) is 7.61. The zero-order chi connectivity index (χ0) is 7.23. The molecule has 0 aliphatic heterocycles. The SMILES string of the molecule is [CH2+][CH-]CCC1[CH-]CCCC1.[Y]. The van der Waals surface area contributed by atoms with Crippen LogP contribution in [0.15, 0.2) is 0 Å². The maximum atomic E-state index is 3.73. The van der Waals surface area contributed by atoms with E-state index in [1.807, 2.05) is 6.42 Å². The van der Waals surface area contributed by atoms with Crippen LogP contribution in [0.5, 0.6) is 0 Å². The molecule has 1 fully saturated rings. The summed E-state index contributed by atoms with van der Waals surface area (Å²) in [6.45, 7) is 3.73. The van der Waals surface area contributed by atoms with Gasteiger partial charge < -0.3 is 6.42 Å². The third kappa shape index (κ3) is 5.25. The van der Waals surface area contributed by atoms with Gasteiger partial charge in [-0.15, -0.1) is 19.3 Å². The van der Waals surface area contributed by atoms with E-state index in [9.17, 15) is 0 Å². The van der Waals surface area contributed by atoms with Gasteiger partial charge in [-0.3, -0.25) is 0 Å². The van der Waals surface area contributed by atoms with Gasteiger partial charge in [-0.2, -0.15) is 12.3 Å². The van der Waals surface area contributed by atoms with Crippen molar-refractivity contribution in [1.82, 2.24) is 0 Å². The molecule has 0 amide bonds. The van der Waals surface area contributed by atoms with E-state index in [0.29, 0.717) is 0 Å². The summed E-state index contributed by atoms with van der Waals surface area (Å²) in [7, 11) is 0. The largest absolute Gasteiger partial charge is 0.326 e. The Bertz CT molecular complexity index is 74.9. The summed E-state index contributed by atoms with van der Waals surface area (Å²) in [6.07, 6.45) is 12.7. The first-order valence-corrected chi connectivity index (χ1v) is 4.37. The Hall–Kier alpha value is 0.974. The molecule has 1 heteroatoms. The molecule has 0 N–H and O–H groups in total. The molecule has 0 saturated heterocycles. The average Bonchev–Trinajstić information content (AvgIpc) is 2.03. The molecule has 0 bridgehead atoms. The van der Waals surface area contributed by atoms with Crippen LogP contribution in [0.25, 0.3) is 0 Å². The van der Waals surface area contributed by atoms with Gasteiger partial charge >= 0.3 is 0 Å². The Morgan fingerprint density at radius 1 is 1.45 bits per heavy atom. The third-order valence-electron chi connectivity index (χ3n) is 2.27. The molecule has 0 aromatic heterocycles. The molecular formula is C10H17Y-. The van der Waals surface area contributed by atoms with Gasteiger partial charge in [0.2, 0.25) is 0 Å². The van der Waals surface area contributed by atoms with Crippen molar-refractivity contribution in [3.63, 3.8) is 0 Å². The van der Waals surface area contributed by atoms with Gasteiger partial charge in [0.15, 0.2) is 0 Å². The fourth-order valence-corrected chi connectivity index (χ4v) is 1.62.